The third kappa shape index (κ3) is 2.43. The number of halogens is 1. The van der Waals surface area contributed by atoms with Gasteiger partial charge in [-0.25, -0.2) is 13.2 Å². The van der Waals surface area contributed by atoms with Gasteiger partial charge in [0.2, 0.25) is 0 Å². The summed E-state index contributed by atoms with van der Waals surface area (Å²) in [5.74, 6) is 0. The van der Waals surface area contributed by atoms with Crippen LogP contribution in [-0.4, -0.2) is 47.0 Å². The number of hydrogen-bond donors (Lipinski definition) is 1. The van der Waals surface area contributed by atoms with Gasteiger partial charge in [0.25, 0.3) is 10.0 Å². The summed E-state index contributed by atoms with van der Waals surface area (Å²) in [5, 5.41) is 9.84. The molecule has 1 aliphatic heterocycles. The molecule has 6 nitrogen and oxygen atoms in total. The van der Waals surface area contributed by atoms with Crippen LogP contribution < -0.4 is 0 Å². The molecule has 2 aliphatic rings. The van der Waals surface area contributed by atoms with Crippen LogP contribution in [0.25, 0.3) is 0 Å². The number of fused-ring (bicyclic) bond motifs is 1. The van der Waals surface area contributed by atoms with Gasteiger partial charge in [0.1, 0.15) is 6.10 Å². The Balaban J connectivity index is 1.97. The minimum absolute atomic E-state index is 0.0629. The van der Waals surface area contributed by atoms with Gasteiger partial charge < -0.3 is 9.84 Å². The molecule has 22 heavy (non-hydrogen) atoms. The zero-order valence-electron chi connectivity index (χ0n) is 11.8. The van der Waals surface area contributed by atoms with Crippen LogP contribution in [0, 0.1) is 6.92 Å². The highest BCUT2D eigenvalue weighted by molar-refractivity contribution is 9.09. The molecule has 0 aromatic heterocycles. The van der Waals surface area contributed by atoms with Crippen LogP contribution in [-0.2, 0) is 14.8 Å². The fourth-order valence-corrected chi connectivity index (χ4v) is 5.15. The molecule has 0 unspecified atom stereocenters. The maximum atomic E-state index is 12.7. The number of alkyl halides is 1. The van der Waals surface area contributed by atoms with Crippen molar-refractivity contribution in [1.29, 1.82) is 0 Å². The third-order valence-electron chi connectivity index (χ3n) is 4.11. The van der Waals surface area contributed by atoms with Gasteiger partial charge in [0.05, 0.1) is 21.9 Å². The molecule has 1 aliphatic carbocycles. The van der Waals surface area contributed by atoms with Crippen molar-refractivity contribution in [2.45, 2.75) is 47.7 Å². The fourth-order valence-electron chi connectivity index (χ4n) is 2.89. The number of sulfonamides is 1. The lowest BCUT2D eigenvalue weighted by atomic mass is 9.91. The summed E-state index contributed by atoms with van der Waals surface area (Å²) in [7, 11) is -3.96. The first-order valence-corrected chi connectivity index (χ1v) is 9.32. The predicted molar refractivity (Wildman–Crippen MR) is 82.2 cm³/mol. The standard InChI is InChI=1S/C14H16BrNO5S/c1-8-2-4-9(5-3-8)22(19,20)16-10-6-7-11(17)12(15)13(10)21-14(16)18/h2-5,10-13,17H,6-7H2,1H3/t10-,11+,12-,13-/m1/s1. The Hall–Kier alpha value is -1.12. The molecule has 120 valence electrons. The molecule has 1 heterocycles. The lowest BCUT2D eigenvalue weighted by molar-refractivity contribution is 0.0506. The van der Waals surface area contributed by atoms with Crippen molar-refractivity contribution in [3.63, 3.8) is 0 Å². The number of hydrogen-bond acceptors (Lipinski definition) is 5. The number of carbonyl (C=O) groups excluding carboxylic acids is 1. The quantitative estimate of drug-likeness (QED) is 0.779. The number of nitrogens with zero attached hydrogens (tertiary/aromatic N) is 1. The van der Waals surface area contributed by atoms with Gasteiger partial charge in [-0.2, -0.15) is 4.31 Å². The SMILES string of the molecule is Cc1ccc(S(=O)(=O)N2C(=O)O[C@H]3[C@H](Br)[C@@H](O)CC[C@H]32)cc1. The van der Waals surface area contributed by atoms with Crippen LogP contribution in [0.4, 0.5) is 4.79 Å². The monoisotopic (exact) mass is 389 g/mol. The van der Waals surface area contributed by atoms with Crippen LogP contribution in [0.2, 0.25) is 0 Å². The number of aliphatic hydroxyl groups excluding tert-OH is 1. The summed E-state index contributed by atoms with van der Waals surface area (Å²) in [6, 6.07) is 5.74. The van der Waals surface area contributed by atoms with E-state index in [1.54, 1.807) is 12.1 Å². The Bertz CT molecular complexity index is 690. The zero-order valence-corrected chi connectivity index (χ0v) is 14.2. The molecular weight excluding hydrogens is 374 g/mol. The predicted octanol–water partition coefficient (Wildman–Crippen LogP) is 1.79. The van der Waals surface area contributed by atoms with E-state index in [0.717, 1.165) is 9.87 Å². The maximum absolute atomic E-state index is 12.7. The van der Waals surface area contributed by atoms with Gasteiger partial charge in [0.15, 0.2) is 0 Å². The second-order valence-corrected chi connectivity index (χ2v) is 8.49. The van der Waals surface area contributed by atoms with Crippen LogP contribution >= 0.6 is 15.9 Å². The first-order valence-electron chi connectivity index (χ1n) is 6.96. The van der Waals surface area contributed by atoms with Crippen molar-refractivity contribution in [3.8, 4) is 0 Å². The molecule has 8 heteroatoms. The number of ether oxygens (including phenoxy) is 1. The number of aryl methyl sites for hydroxylation is 1. The minimum atomic E-state index is -3.96. The topological polar surface area (TPSA) is 83.9 Å². The number of benzene rings is 1. The molecule has 0 spiro atoms. The van der Waals surface area contributed by atoms with Crippen molar-refractivity contribution >= 4 is 32.0 Å². The van der Waals surface area contributed by atoms with E-state index in [9.17, 15) is 18.3 Å². The van der Waals surface area contributed by atoms with Crippen molar-refractivity contribution in [1.82, 2.24) is 4.31 Å². The molecule has 1 N–H and O–H groups in total. The van der Waals surface area contributed by atoms with Crippen LogP contribution in [0.3, 0.4) is 0 Å². The first-order chi connectivity index (χ1) is 10.3. The van der Waals surface area contributed by atoms with Crippen LogP contribution in [0.1, 0.15) is 18.4 Å². The highest BCUT2D eigenvalue weighted by Crippen LogP contribution is 2.38. The zero-order chi connectivity index (χ0) is 16.1. The molecule has 2 fully saturated rings. The van der Waals surface area contributed by atoms with E-state index < -0.39 is 39.2 Å². The highest BCUT2D eigenvalue weighted by atomic mass is 79.9. The number of rotatable bonds is 2. The Morgan fingerprint density at radius 2 is 1.91 bits per heavy atom. The second-order valence-electron chi connectivity index (χ2n) is 5.62. The number of amides is 1. The summed E-state index contributed by atoms with van der Waals surface area (Å²) in [6.45, 7) is 1.86. The lowest BCUT2D eigenvalue weighted by Crippen LogP contribution is -2.49. The minimum Gasteiger partial charge on any atom is -0.442 e. The Labute approximate surface area is 137 Å². The van der Waals surface area contributed by atoms with Crippen molar-refractivity contribution in [3.05, 3.63) is 29.8 Å². The molecule has 1 saturated heterocycles. The first kappa shape index (κ1) is 15.8. The van der Waals surface area contributed by atoms with E-state index in [-0.39, 0.29) is 4.90 Å². The number of aliphatic hydroxyl groups is 1. The van der Waals surface area contributed by atoms with E-state index in [1.807, 2.05) is 6.92 Å². The molecular formula is C14H16BrNO5S. The van der Waals surface area contributed by atoms with E-state index in [4.69, 9.17) is 4.74 Å². The maximum Gasteiger partial charge on any atom is 0.424 e. The van der Waals surface area contributed by atoms with Gasteiger partial charge in [-0.15, -0.1) is 0 Å². The van der Waals surface area contributed by atoms with Gasteiger partial charge in [-0.3, -0.25) is 0 Å². The van der Waals surface area contributed by atoms with Gasteiger partial charge in [0, 0.05) is 0 Å². The molecule has 1 amide bonds. The molecule has 1 saturated carbocycles. The summed E-state index contributed by atoms with van der Waals surface area (Å²) in [4.78, 5) is 11.7. The summed E-state index contributed by atoms with van der Waals surface area (Å²) >= 11 is 3.30. The van der Waals surface area contributed by atoms with Crippen molar-refractivity contribution in [2.24, 2.45) is 0 Å². The number of carbonyl (C=O) groups is 1. The Morgan fingerprint density at radius 1 is 1.27 bits per heavy atom. The summed E-state index contributed by atoms with van der Waals surface area (Å²) in [5.41, 5.74) is 0.933. The molecule has 0 radical (unpaired) electrons. The Morgan fingerprint density at radius 3 is 2.55 bits per heavy atom. The Kier molecular flexibility index (Phi) is 3.94. The molecule has 1 aromatic rings. The largest absolute Gasteiger partial charge is 0.442 e. The van der Waals surface area contributed by atoms with Crippen molar-refractivity contribution < 1.29 is 23.1 Å². The van der Waals surface area contributed by atoms with E-state index in [1.165, 1.54) is 12.1 Å². The van der Waals surface area contributed by atoms with Crippen LogP contribution in [0.5, 0.6) is 0 Å². The normalized spacial score (nSPS) is 31.8. The third-order valence-corrected chi connectivity index (χ3v) is 7.05. The average molecular weight is 390 g/mol. The van der Waals surface area contributed by atoms with Crippen LogP contribution in [0.15, 0.2) is 29.2 Å². The second kappa shape index (κ2) is 5.50. The summed E-state index contributed by atoms with van der Waals surface area (Å²) in [6.07, 6.45) is -1.42. The lowest BCUT2D eigenvalue weighted by Gasteiger charge is -2.33. The fraction of sp³-hybridized carbons (Fsp3) is 0.500. The molecule has 4 atom stereocenters. The summed E-state index contributed by atoms with van der Waals surface area (Å²) < 4.78 is 31.5. The molecule has 1 aromatic carbocycles. The van der Waals surface area contributed by atoms with Gasteiger partial charge >= 0.3 is 6.09 Å². The average Bonchev–Trinajstić information content (AvgIpc) is 2.81. The molecule has 0 bridgehead atoms. The van der Waals surface area contributed by atoms with E-state index >= 15 is 0 Å². The van der Waals surface area contributed by atoms with E-state index in [0.29, 0.717) is 12.8 Å². The van der Waals surface area contributed by atoms with Crippen molar-refractivity contribution in [2.75, 3.05) is 0 Å². The highest BCUT2D eigenvalue weighted by Gasteiger charge is 2.54. The molecule has 3 rings (SSSR count). The smallest absolute Gasteiger partial charge is 0.424 e. The van der Waals surface area contributed by atoms with Gasteiger partial charge in [-0.1, -0.05) is 33.6 Å². The van der Waals surface area contributed by atoms with E-state index in [2.05, 4.69) is 15.9 Å². The van der Waals surface area contributed by atoms with Gasteiger partial charge in [-0.05, 0) is 31.9 Å².